The molecule has 1 fully saturated rings. The van der Waals surface area contributed by atoms with Crippen molar-refractivity contribution in [3.05, 3.63) is 71.5 Å². The maximum absolute atomic E-state index is 13.1. The van der Waals surface area contributed by atoms with Gasteiger partial charge in [0.05, 0.1) is 5.60 Å². The van der Waals surface area contributed by atoms with Crippen molar-refractivity contribution in [3.8, 4) is 0 Å². The fourth-order valence-corrected chi connectivity index (χ4v) is 3.43. The Morgan fingerprint density at radius 1 is 1.04 bits per heavy atom. The standard InChI is InChI=1S/C21H24FNO2/c22-19-10-8-18(9-11-19)21(25)12-15-23(16-13-21)14-4-7-20(24)17-5-2-1-3-6-17/h1-3,5-6,8-11,25H,4,7,12-16H2. The molecule has 0 aliphatic carbocycles. The van der Waals surface area contributed by atoms with Crippen LogP contribution in [-0.4, -0.2) is 35.4 Å². The van der Waals surface area contributed by atoms with E-state index in [-0.39, 0.29) is 11.6 Å². The highest BCUT2D eigenvalue weighted by atomic mass is 19.1. The van der Waals surface area contributed by atoms with Crippen LogP contribution in [0.15, 0.2) is 54.6 Å². The molecule has 3 nitrogen and oxygen atoms in total. The van der Waals surface area contributed by atoms with Crippen molar-refractivity contribution in [1.82, 2.24) is 4.90 Å². The summed E-state index contributed by atoms with van der Waals surface area (Å²) in [5.41, 5.74) is 0.684. The van der Waals surface area contributed by atoms with Gasteiger partial charge >= 0.3 is 0 Å². The summed E-state index contributed by atoms with van der Waals surface area (Å²) in [6.45, 7) is 2.43. The molecule has 25 heavy (non-hydrogen) atoms. The highest BCUT2D eigenvalue weighted by molar-refractivity contribution is 5.95. The lowest BCUT2D eigenvalue weighted by Gasteiger charge is -2.38. The number of halogens is 1. The van der Waals surface area contributed by atoms with E-state index in [0.29, 0.717) is 19.3 Å². The van der Waals surface area contributed by atoms with Gasteiger partial charge in [0.25, 0.3) is 0 Å². The van der Waals surface area contributed by atoms with E-state index in [4.69, 9.17) is 0 Å². The van der Waals surface area contributed by atoms with Crippen molar-refractivity contribution in [1.29, 1.82) is 0 Å². The van der Waals surface area contributed by atoms with E-state index in [1.54, 1.807) is 12.1 Å². The second-order valence-corrected chi connectivity index (χ2v) is 6.77. The van der Waals surface area contributed by atoms with Crippen molar-refractivity contribution in [2.75, 3.05) is 19.6 Å². The molecular weight excluding hydrogens is 317 g/mol. The zero-order valence-corrected chi connectivity index (χ0v) is 14.3. The van der Waals surface area contributed by atoms with Crippen LogP contribution in [-0.2, 0) is 5.60 Å². The van der Waals surface area contributed by atoms with E-state index in [1.807, 2.05) is 30.3 Å². The van der Waals surface area contributed by atoms with E-state index < -0.39 is 5.60 Å². The van der Waals surface area contributed by atoms with Crippen LogP contribution < -0.4 is 0 Å². The van der Waals surface area contributed by atoms with E-state index >= 15 is 0 Å². The zero-order chi connectivity index (χ0) is 17.7. The third-order valence-corrected chi connectivity index (χ3v) is 5.04. The van der Waals surface area contributed by atoms with Gasteiger partial charge in [0.15, 0.2) is 5.78 Å². The summed E-state index contributed by atoms with van der Waals surface area (Å²) in [6.07, 6.45) is 2.63. The number of carbonyl (C=O) groups is 1. The minimum atomic E-state index is -0.871. The van der Waals surface area contributed by atoms with Crippen LogP contribution in [0.25, 0.3) is 0 Å². The number of nitrogens with zero attached hydrogens (tertiary/aromatic N) is 1. The van der Waals surface area contributed by atoms with E-state index in [2.05, 4.69) is 4.90 Å². The van der Waals surface area contributed by atoms with E-state index in [0.717, 1.165) is 37.2 Å². The molecule has 1 N–H and O–H groups in total. The van der Waals surface area contributed by atoms with Crippen LogP contribution in [0.2, 0.25) is 0 Å². The largest absolute Gasteiger partial charge is 0.385 e. The monoisotopic (exact) mass is 341 g/mol. The molecule has 0 radical (unpaired) electrons. The Labute approximate surface area is 148 Å². The van der Waals surface area contributed by atoms with Gasteiger partial charge in [-0.3, -0.25) is 4.79 Å². The summed E-state index contributed by atoms with van der Waals surface area (Å²) in [5.74, 6) is -0.103. The van der Waals surface area contributed by atoms with Crippen molar-refractivity contribution >= 4 is 5.78 Å². The number of Topliss-reactive ketones (excluding diaryl/α,β-unsaturated/α-hetero) is 1. The molecule has 1 heterocycles. The van der Waals surface area contributed by atoms with Crippen molar-refractivity contribution < 1.29 is 14.3 Å². The molecule has 0 amide bonds. The lowest BCUT2D eigenvalue weighted by atomic mass is 9.84. The predicted octanol–water partition coefficient (Wildman–Crippen LogP) is 3.77. The molecule has 1 saturated heterocycles. The Balaban J connectivity index is 1.45. The number of likely N-dealkylation sites (tertiary alicyclic amines) is 1. The molecule has 4 heteroatoms. The number of ketones is 1. The average molecular weight is 341 g/mol. The van der Waals surface area contributed by atoms with Gasteiger partial charge in [-0.25, -0.2) is 4.39 Å². The highest BCUT2D eigenvalue weighted by Gasteiger charge is 2.33. The molecule has 0 aromatic heterocycles. The lowest BCUT2D eigenvalue weighted by Crippen LogP contribution is -2.42. The second kappa shape index (κ2) is 7.89. The number of aliphatic hydroxyl groups is 1. The van der Waals surface area contributed by atoms with Gasteiger partial charge in [0.2, 0.25) is 0 Å². The second-order valence-electron chi connectivity index (χ2n) is 6.77. The topological polar surface area (TPSA) is 40.5 Å². The number of hydrogen-bond donors (Lipinski definition) is 1. The number of piperidine rings is 1. The van der Waals surface area contributed by atoms with Crippen LogP contribution in [0.5, 0.6) is 0 Å². The fourth-order valence-electron chi connectivity index (χ4n) is 3.43. The number of carbonyl (C=O) groups excluding carboxylic acids is 1. The first-order valence-corrected chi connectivity index (χ1v) is 8.86. The molecule has 0 unspecified atom stereocenters. The van der Waals surface area contributed by atoms with Crippen LogP contribution in [0.4, 0.5) is 4.39 Å². The molecule has 0 bridgehead atoms. The summed E-state index contributed by atoms with van der Waals surface area (Å²) in [4.78, 5) is 14.4. The number of hydrogen-bond acceptors (Lipinski definition) is 3. The Hall–Kier alpha value is -2.04. The average Bonchev–Trinajstić information content (AvgIpc) is 2.64. The first-order chi connectivity index (χ1) is 12.1. The fraction of sp³-hybridized carbons (Fsp3) is 0.381. The molecule has 3 rings (SSSR count). The van der Waals surface area contributed by atoms with Crippen molar-refractivity contribution in [3.63, 3.8) is 0 Å². The van der Waals surface area contributed by atoms with Gasteiger partial charge in [0.1, 0.15) is 5.82 Å². The highest BCUT2D eigenvalue weighted by Crippen LogP contribution is 2.32. The van der Waals surface area contributed by atoms with Gasteiger partial charge in [-0.1, -0.05) is 42.5 Å². The maximum atomic E-state index is 13.1. The first kappa shape index (κ1) is 17.8. The number of rotatable bonds is 6. The molecule has 0 spiro atoms. The van der Waals surface area contributed by atoms with Gasteiger partial charge < -0.3 is 10.0 Å². The molecule has 132 valence electrons. The SMILES string of the molecule is O=C(CCCN1CCC(O)(c2ccc(F)cc2)CC1)c1ccccc1. The van der Waals surface area contributed by atoms with Crippen LogP contribution >= 0.6 is 0 Å². The molecule has 1 aliphatic rings. The minimum Gasteiger partial charge on any atom is -0.385 e. The minimum absolute atomic E-state index is 0.181. The Morgan fingerprint density at radius 3 is 2.32 bits per heavy atom. The van der Waals surface area contributed by atoms with Crippen LogP contribution in [0, 0.1) is 5.82 Å². The van der Waals surface area contributed by atoms with Gasteiger partial charge in [0, 0.05) is 25.1 Å². The third kappa shape index (κ3) is 4.53. The van der Waals surface area contributed by atoms with Crippen LogP contribution in [0.3, 0.4) is 0 Å². The molecule has 0 atom stereocenters. The van der Waals surface area contributed by atoms with E-state index in [9.17, 15) is 14.3 Å². The first-order valence-electron chi connectivity index (χ1n) is 8.86. The van der Waals surface area contributed by atoms with Gasteiger partial charge in [-0.15, -0.1) is 0 Å². The molecule has 2 aromatic rings. The third-order valence-electron chi connectivity index (χ3n) is 5.04. The van der Waals surface area contributed by atoms with Gasteiger partial charge in [-0.05, 0) is 43.5 Å². The summed E-state index contributed by atoms with van der Waals surface area (Å²) >= 11 is 0. The zero-order valence-electron chi connectivity index (χ0n) is 14.3. The summed E-state index contributed by atoms with van der Waals surface area (Å²) in [7, 11) is 0. The van der Waals surface area contributed by atoms with E-state index in [1.165, 1.54) is 12.1 Å². The summed E-state index contributed by atoms with van der Waals surface area (Å²) < 4.78 is 13.1. The van der Waals surface area contributed by atoms with Crippen molar-refractivity contribution in [2.24, 2.45) is 0 Å². The molecule has 0 saturated carbocycles. The Morgan fingerprint density at radius 2 is 1.68 bits per heavy atom. The molecular formula is C21H24FNO2. The normalized spacial score (nSPS) is 17.4. The molecule has 1 aliphatic heterocycles. The Bertz CT molecular complexity index is 692. The maximum Gasteiger partial charge on any atom is 0.162 e. The van der Waals surface area contributed by atoms with Crippen LogP contribution in [0.1, 0.15) is 41.6 Å². The molecule has 2 aromatic carbocycles. The smallest absolute Gasteiger partial charge is 0.162 e. The quantitative estimate of drug-likeness (QED) is 0.813. The lowest BCUT2D eigenvalue weighted by molar-refractivity contribution is -0.0260. The predicted molar refractivity (Wildman–Crippen MR) is 96.0 cm³/mol. The Kier molecular flexibility index (Phi) is 5.61. The summed E-state index contributed by atoms with van der Waals surface area (Å²) in [6, 6.07) is 15.5. The van der Waals surface area contributed by atoms with Crippen molar-refractivity contribution in [2.45, 2.75) is 31.3 Å². The number of benzene rings is 2. The summed E-state index contributed by atoms with van der Waals surface area (Å²) in [5, 5.41) is 10.8. The van der Waals surface area contributed by atoms with Gasteiger partial charge in [-0.2, -0.15) is 0 Å².